The van der Waals surface area contributed by atoms with E-state index in [9.17, 15) is 0 Å². The van der Waals surface area contributed by atoms with Crippen LogP contribution in [0.5, 0.6) is 5.75 Å². The second kappa shape index (κ2) is 3.81. The summed E-state index contributed by atoms with van der Waals surface area (Å²) in [5.74, 6) is 1.45. The molecule has 1 radical (unpaired) electrons. The Kier molecular flexibility index (Phi) is 2.98. The molecule has 1 heterocycles. The van der Waals surface area contributed by atoms with Crippen LogP contribution in [0.4, 0.5) is 0 Å². The monoisotopic (exact) mass is 182 g/mol. The highest BCUT2D eigenvalue weighted by Crippen LogP contribution is 2.24. The Labute approximate surface area is 78.4 Å². The van der Waals surface area contributed by atoms with Gasteiger partial charge >= 0.3 is 0 Å². The lowest BCUT2D eigenvalue weighted by Gasteiger charge is -2.10. The third kappa shape index (κ3) is 1.55. The number of ether oxygens (including phenoxy) is 1. The molecule has 0 fully saturated rings. The van der Waals surface area contributed by atoms with Gasteiger partial charge in [0.05, 0.1) is 12.8 Å². The molecule has 0 saturated carbocycles. The quantitative estimate of drug-likeness (QED) is 0.700. The van der Waals surface area contributed by atoms with Gasteiger partial charge in [-0.05, 0) is 13.8 Å². The fourth-order valence-corrected chi connectivity index (χ4v) is 1.51. The summed E-state index contributed by atoms with van der Waals surface area (Å²) in [6, 6.07) is 0. The molecular weight excluding hydrogens is 170 g/mol. The van der Waals surface area contributed by atoms with Crippen LogP contribution in [0.3, 0.4) is 0 Å². The van der Waals surface area contributed by atoms with E-state index in [1.165, 1.54) is 0 Å². The Morgan fingerprint density at radius 1 is 1.50 bits per heavy atom. The molecule has 0 spiro atoms. The number of pyridine rings is 1. The van der Waals surface area contributed by atoms with Gasteiger partial charge in [0.15, 0.2) is 0 Å². The van der Waals surface area contributed by atoms with Crippen LogP contribution in [-0.2, 0) is 5.75 Å². The van der Waals surface area contributed by atoms with Crippen molar-refractivity contribution in [3.8, 4) is 5.75 Å². The first-order chi connectivity index (χ1) is 5.70. The van der Waals surface area contributed by atoms with Gasteiger partial charge in [-0.15, -0.1) is 0 Å². The minimum absolute atomic E-state index is 0.544. The molecule has 0 N–H and O–H groups in total. The molecule has 0 aliphatic heterocycles. The topological polar surface area (TPSA) is 22.1 Å². The van der Waals surface area contributed by atoms with Gasteiger partial charge in [-0.2, -0.15) is 0 Å². The molecule has 65 valence electrons. The second-order valence-corrected chi connectivity index (χ2v) is 2.98. The van der Waals surface area contributed by atoms with E-state index in [0.717, 1.165) is 22.6 Å². The van der Waals surface area contributed by atoms with E-state index in [-0.39, 0.29) is 0 Å². The molecule has 1 rings (SSSR count). The standard InChI is InChI=1S/C9H12NOS/c1-6-4-10-8(5-12)7(2)9(6)11-3/h4H,5H2,1-3H3. The number of aryl methyl sites for hydroxylation is 1. The van der Waals surface area contributed by atoms with Crippen molar-refractivity contribution in [2.24, 2.45) is 0 Å². The number of aromatic nitrogens is 1. The van der Waals surface area contributed by atoms with Crippen LogP contribution in [0.15, 0.2) is 6.20 Å². The molecule has 0 amide bonds. The van der Waals surface area contributed by atoms with Crippen LogP contribution in [0.2, 0.25) is 0 Å². The van der Waals surface area contributed by atoms with Crippen molar-refractivity contribution in [3.05, 3.63) is 23.0 Å². The Morgan fingerprint density at radius 3 is 2.67 bits per heavy atom. The minimum atomic E-state index is 0.544. The average molecular weight is 182 g/mol. The molecule has 0 aliphatic rings. The molecule has 2 nitrogen and oxygen atoms in total. The van der Waals surface area contributed by atoms with Gasteiger partial charge in [-0.25, -0.2) is 0 Å². The van der Waals surface area contributed by atoms with Gasteiger partial charge in [-0.1, -0.05) is 12.6 Å². The van der Waals surface area contributed by atoms with Crippen LogP contribution < -0.4 is 4.74 Å². The van der Waals surface area contributed by atoms with E-state index in [1.807, 2.05) is 13.8 Å². The molecule has 0 saturated heterocycles. The van der Waals surface area contributed by atoms with Gasteiger partial charge < -0.3 is 4.74 Å². The van der Waals surface area contributed by atoms with Crippen molar-refractivity contribution in [2.45, 2.75) is 19.6 Å². The van der Waals surface area contributed by atoms with Crippen molar-refractivity contribution in [3.63, 3.8) is 0 Å². The van der Waals surface area contributed by atoms with Crippen molar-refractivity contribution in [1.29, 1.82) is 0 Å². The lowest BCUT2D eigenvalue weighted by molar-refractivity contribution is 0.407. The number of rotatable bonds is 2. The smallest absolute Gasteiger partial charge is 0.128 e. The minimum Gasteiger partial charge on any atom is -0.496 e. The van der Waals surface area contributed by atoms with Crippen molar-refractivity contribution < 1.29 is 4.74 Å². The first kappa shape index (κ1) is 9.39. The summed E-state index contributed by atoms with van der Waals surface area (Å²) >= 11 is 4.94. The van der Waals surface area contributed by atoms with E-state index in [4.69, 9.17) is 17.4 Å². The average Bonchev–Trinajstić information content (AvgIpc) is 2.06. The lowest BCUT2D eigenvalue weighted by Crippen LogP contribution is -1.97. The summed E-state index contributed by atoms with van der Waals surface area (Å²) in [4.78, 5) is 4.22. The Morgan fingerprint density at radius 2 is 2.17 bits per heavy atom. The van der Waals surface area contributed by atoms with E-state index in [2.05, 4.69) is 4.98 Å². The zero-order valence-corrected chi connectivity index (χ0v) is 8.36. The third-order valence-electron chi connectivity index (χ3n) is 1.89. The highest BCUT2D eigenvalue weighted by molar-refractivity contribution is 7.79. The van der Waals surface area contributed by atoms with Crippen LogP contribution in [0, 0.1) is 13.8 Å². The maximum Gasteiger partial charge on any atom is 0.128 e. The summed E-state index contributed by atoms with van der Waals surface area (Å²) in [6.07, 6.45) is 1.80. The molecule has 12 heavy (non-hydrogen) atoms. The van der Waals surface area contributed by atoms with Crippen LogP contribution in [0.25, 0.3) is 0 Å². The molecular formula is C9H12NOS. The maximum atomic E-state index is 5.23. The van der Waals surface area contributed by atoms with Gasteiger partial charge in [0.25, 0.3) is 0 Å². The Balaban J connectivity index is 3.24. The fraction of sp³-hybridized carbons (Fsp3) is 0.444. The van der Waals surface area contributed by atoms with Gasteiger partial charge in [0.1, 0.15) is 5.75 Å². The van der Waals surface area contributed by atoms with Gasteiger partial charge in [0.2, 0.25) is 0 Å². The summed E-state index contributed by atoms with van der Waals surface area (Å²) in [5, 5.41) is 0. The molecule has 0 aliphatic carbocycles. The summed E-state index contributed by atoms with van der Waals surface area (Å²) in [6.45, 7) is 3.96. The SMILES string of the molecule is COc1c(C)cnc(C[S])c1C. The van der Waals surface area contributed by atoms with Gasteiger partial charge in [0, 0.05) is 23.1 Å². The lowest BCUT2D eigenvalue weighted by atomic mass is 10.1. The maximum absolute atomic E-state index is 5.23. The predicted molar refractivity (Wildman–Crippen MR) is 51.6 cm³/mol. The predicted octanol–water partition coefficient (Wildman–Crippen LogP) is 2.40. The second-order valence-electron chi connectivity index (χ2n) is 2.69. The summed E-state index contributed by atoms with van der Waals surface area (Å²) in [5.41, 5.74) is 3.06. The Bertz CT molecular complexity index is 286. The summed E-state index contributed by atoms with van der Waals surface area (Å²) in [7, 11) is 1.67. The number of hydrogen-bond donors (Lipinski definition) is 0. The normalized spacial score (nSPS) is 10.0. The molecule has 0 unspecified atom stereocenters. The first-order valence-corrected chi connectivity index (χ1v) is 4.35. The number of nitrogens with zero attached hydrogens (tertiary/aromatic N) is 1. The van der Waals surface area contributed by atoms with Crippen molar-refractivity contribution in [2.75, 3.05) is 7.11 Å². The van der Waals surface area contributed by atoms with Crippen LogP contribution in [-0.4, -0.2) is 12.1 Å². The van der Waals surface area contributed by atoms with E-state index < -0.39 is 0 Å². The van der Waals surface area contributed by atoms with Crippen LogP contribution in [0.1, 0.15) is 16.8 Å². The summed E-state index contributed by atoms with van der Waals surface area (Å²) < 4.78 is 5.23. The molecule has 0 atom stereocenters. The molecule has 0 bridgehead atoms. The number of methoxy groups -OCH3 is 1. The van der Waals surface area contributed by atoms with E-state index >= 15 is 0 Å². The first-order valence-electron chi connectivity index (χ1n) is 3.78. The van der Waals surface area contributed by atoms with E-state index in [1.54, 1.807) is 13.3 Å². The third-order valence-corrected chi connectivity index (χ3v) is 2.16. The van der Waals surface area contributed by atoms with Crippen molar-refractivity contribution >= 4 is 12.6 Å². The number of hydrogen-bond acceptors (Lipinski definition) is 2. The zero-order chi connectivity index (χ0) is 9.14. The molecule has 3 heteroatoms. The zero-order valence-electron chi connectivity index (χ0n) is 7.55. The highest BCUT2D eigenvalue weighted by Gasteiger charge is 2.07. The van der Waals surface area contributed by atoms with Crippen molar-refractivity contribution in [1.82, 2.24) is 4.98 Å². The highest BCUT2D eigenvalue weighted by atomic mass is 32.1. The largest absolute Gasteiger partial charge is 0.496 e. The molecule has 1 aromatic heterocycles. The Hall–Kier alpha value is -0.700. The molecule has 1 aromatic rings. The van der Waals surface area contributed by atoms with E-state index in [0.29, 0.717) is 5.75 Å². The van der Waals surface area contributed by atoms with Crippen LogP contribution >= 0.6 is 12.6 Å². The molecule has 0 aromatic carbocycles. The van der Waals surface area contributed by atoms with Gasteiger partial charge in [-0.3, -0.25) is 4.98 Å². The fourth-order valence-electron chi connectivity index (χ4n) is 1.22.